The first-order valence-corrected chi connectivity index (χ1v) is 10.6. The molecule has 1 aliphatic rings. The zero-order valence-corrected chi connectivity index (χ0v) is 17.2. The van der Waals surface area contributed by atoms with Crippen molar-refractivity contribution in [2.45, 2.75) is 39.0 Å². The van der Waals surface area contributed by atoms with Crippen LogP contribution < -0.4 is 10.6 Å². The quantitative estimate of drug-likeness (QED) is 0.725. The predicted octanol–water partition coefficient (Wildman–Crippen LogP) is 3.44. The molecule has 1 aliphatic carbocycles. The van der Waals surface area contributed by atoms with Gasteiger partial charge in [0.25, 0.3) is 0 Å². The van der Waals surface area contributed by atoms with Gasteiger partial charge in [-0.25, -0.2) is 4.79 Å². The molecule has 0 unspecified atom stereocenters. The summed E-state index contributed by atoms with van der Waals surface area (Å²) in [7, 11) is 0. The van der Waals surface area contributed by atoms with Crippen LogP contribution in [0, 0.1) is 17.2 Å². The first kappa shape index (κ1) is 20.8. The molecule has 29 heavy (non-hydrogen) atoms. The average Bonchev–Trinajstić information content (AvgIpc) is 3.07. The number of anilines is 1. The van der Waals surface area contributed by atoms with Crippen LogP contribution in [0.25, 0.3) is 0 Å². The summed E-state index contributed by atoms with van der Waals surface area (Å²) in [5.74, 6) is 0.115. The van der Waals surface area contributed by atoms with Gasteiger partial charge in [0.2, 0.25) is 5.91 Å². The Kier molecular flexibility index (Phi) is 7.19. The van der Waals surface area contributed by atoms with Gasteiger partial charge in [-0.1, -0.05) is 6.07 Å². The number of fused-ring (bicyclic) bond motifs is 1. The van der Waals surface area contributed by atoms with E-state index in [0.29, 0.717) is 36.6 Å². The molecule has 0 aromatic carbocycles. The highest BCUT2D eigenvalue weighted by molar-refractivity contribution is 7.16. The van der Waals surface area contributed by atoms with Crippen LogP contribution in [0.5, 0.6) is 0 Å². The van der Waals surface area contributed by atoms with E-state index in [1.165, 1.54) is 11.3 Å². The molecule has 0 saturated carbocycles. The van der Waals surface area contributed by atoms with Crippen molar-refractivity contribution in [3.05, 3.63) is 46.1 Å². The third kappa shape index (κ3) is 5.55. The average molecular weight is 413 g/mol. The van der Waals surface area contributed by atoms with E-state index >= 15 is 0 Å². The number of thiophene rings is 1. The minimum Gasteiger partial charge on any atom is -0.449 e. The zero-order chi connectivity index (χ0) is 20.6. The molecule has 3 rings (SSSR count). The number of amides is 2. The largest absolute Gasteiger partial charge is 0.449 e. The van der Waals surface area contributed by atoms with Crippen LogP contribution in [0.3, 0.4) is 0 Å². The van der Waals surface area contributed by atoms with Gasteiger partial charge in [0.1, 0.15) is 11.1 Å². The summed E-state index contributed by atoms with van der Waals surface area (Å²) in [6.45, 7) is 2.74. The highest BCUT2D eigenvalue weighted by Crippen LogP contribution is 2.39. The van der Waals surface area contributed by atoms with Crippen molar-refractivity contribution in [1.82, 2.24) is 10.3 Å². The summed E-state index contributed by atoms with van der Waals surface area (Å²) in [6.07, 6.45) is 6.35. The molecule has 2 aromatic rings. The Hall–Kier alpha value is -2.92. The number of hydrogen-bond donors (Lipinski definition) is 2. The molecular weight excluding hydrogens is 388 g/mol. The Morgan fingerprint density at radius 2 is 2.31 bits per heavy atom. The van der Waals surface area contributed by atoms with Gasteiger partial charge in [-0.15, -0.1) is 11.3 Å². The van der Waals surface area contributed by atoms with Crippen LogP contribution >= 0.6 is 11.3 Å². The van der Waals surface area contributed by atoms with E-state index in [-0.39, 0.29) is 11.8 Å². The predicted molar refractivity (Wildman–Crippen MR) is 111 cm³/mol. The molecule has 2 heterocycles. The fourth-order valence-electron chi connectivity index (χ4n) is 3.38. The fourth-order valence-corrected chi connectivity index (χ4v) is 4.71. The number of nitrogens with zero attached hydrogens (tertiary/aromatic N) is 2. The molecule has 7 nitrogen and oxygen atoms in total. The summed E-state index contributed by atoms with van der Waals surface area (Å²) in [4.78, 5) is 29.0. The normalized spacial score (nSPS) is 15.1. The number of alkyl carbamates (subject to hydrolysis) is 1. The fraction of sp³-hybridized carbons (Fsp3) is 0.429. The van der Waals surface area contributed by atoms with Gasteiger partial charge in [-0.3, -0.25) is 9.78 Å². The molecule has 8 heteroatoms. The minimum atomic E-state index is -0.399. The smallest absolute Gasteiger partial charge is 0.407 e. The molecular formula is C21H24N4O3S. The van der Waals surface area contributed by atoms with Gasteiger partial charge >= 0.3 is 6.09 Å². The van der Waals surface area contributed by atoms with Crippen LogP contribution in [-0.2, 0) is 28.8 Å². The molecule has 2 N–H and O–H groups in total. The van der Waals surface area contributed by atoms with Crippen LogP contribution in [0.1, 0.15) is 41.3 Å². The Morgan fingerprint density at radius 1 is 1.45 bits per heavy atom. The Labute approximate surface area is 174 Å². The van der Waals surface area contributed by atoms with Crippen molar-refractivity contribution < 1.29 is 14.3 Å². The summed E-state index contributed by atoms with van der Waals surface area (Å²) in [5.41, 5.74) is 2.60. The first-order valence-electron chi connectivity index (χ1n) is 9.74. The lowest BCUT2D eigenvalue weighted by Gasteiger charge is -2.21. The molecule has 0 fully saturated rings. The number of aromatic nitrogens is 1. The molecule has 2 aromatic heterocycles. The lowest BCUT2D eigenvalue weighted by atomic mass is 9.88. The lowest BCUT2D eigenvalue weighted by molar-refractivity contribution is -0.116. The van der Waals surface area contributed by atoms with Crippen molar-refractivity contribution in [3.63, 3.8) is 0 Å². The maximum absolute atomic E-state index is 12.4. The molecule has 0 saturated heterocycles. The monoisotopic (exact) mass is 412 g/mol. The SMILES string of the molecule is CCNC(=O)OC[C@@H]1CCc2c(sc(NC(=O)CCc3cccnc3)c2C#N)C1. The summed E-state index contributed by atoms with van der Waals surface area (Å²) < 4.78 is 5.25. The van der Waals surface area contributed by atoms with Crippen LogP contribution in [0.2, 0.25) is 0 Å². The van der Waals surface area contributed by atoms with Crippen LogP contribution in [0.4, 0.5) is 9.80 Å². The van der Waals surface area contributed by atoms with Crippen molar-refractivity contribution in [2.75, 3.05) is 18.5 Å². The van der Waals surface area contributed by atoms with Crippen LogP contribution in [-0.4, -0.2) is 30.1 Å². The van der Waals surface area contributed by atoms with Gasteiger partial charge in [0, 0.05) is 30.2 Å². The second-order valence-corrected chi connectivity index (χ2v) is 8.07. The standard InChI is InChI=1S/C21H24N4O3S/c1-2-24-21(27)28-13-15-5-7-16-17(11-22)20(29-18(16)10-15)25-19(26)8-6-14-4-3-9-23-12-14/h3-4,9,12,15H,2,5-8,10,13H2,1H3,(H,24,27)(H,25,26)/t15-/m1/s1. The van der Waals surface area contributed by atoms with E-state index in [2.05, 4.69) is 21.7 Å². The van der Waals surface area contributed by atoms with Gasteiger partial charge in [-0.2, -0.15) is 5.26 Å². The van der Waals surface area contributed by atoms with Crippen LogP contribution in [0.15, 0.2) is 24.5 Å². The zero-order valence-electron chi connectivity index (χ0n) is 16.4. The third-order valence-corrected chi connectivity index (χ3v) is 6.04. The van der Waals surface area contributed by atoms with Gasteiger partial charge in [0.05, 0.1) is 12.2 Å². The number of ether oxygens (including phenoxy) is 1. The number of hydrogen-bond acceptors (Lipinski definition) is 6. The topological polar surface area (TPSA) is 104 Å². The van der Waals surface area contributed by atoms with E-state index in [9.17, 15) is 14.9 Å². The Morgan fingerprint density at radius 3 is 3.03 bits per heavy atom. The second kappa shape index (κ2) is 10.0. The number of carbonyl (C=O) groups excluding carboxylic acids is 2. The van der Waals surface area contributed by atoms with Crippen molar-refractivity contribution >= 4 is 28.3 Å². The highest BCUT2D eigenvalue weighted by atomic mass is 32.1. The summed E-state index contributed by atoms with van der Waals surface area (Å²) >= 11 is 1.46. The van der Waals surface area contributed by atoms with E-state index in [0.717, 1.165) is 35.3 Å². The van der Waals surface area contributed by atoms with Gasteiger partial charge in [0.15, 0.2) is 0 Å². The van der Waals surface area contributed by atoms with E-state index < -0.39 is 6.09 Å². The van der Waals surface area contributed by atoms with Crippen molar-refractivity contribution in [1.29, 1.82) is 5.26 Å². The second-order valence-electron chi connectivity index (χ2n) is 6.97. The Bertz CT molecular complexity index is 905. The lowest BCUT2D eigenvalue weighted by Crippen LogP contribution is -2.27. The van der Waals surface area contributed by atoms with Gasteiger partial charge in [-0.05, 0) is 55.7 Å². The number of carbonyl (C=O) groups is 2. The first-order chi connectivity index (χ1) is 14.1. The Balaban J connectivity index is 1.59. The summed E-state index contributed by atoms with van der Waals surface area (Å²) in [6, 6.07) is 6.04. The molecule has 0 radical (unpaired) electrons. The molecule has 0 bridgehead atoms. The number of pyridine rings is 1. The maximum Gasteiger partial charge on any atom is 0.407 e. The number of rotatable bonds is 7. The van der Waals surface area contributed by atoms with E-state index in [1.807, 2.05) is 19.1 Å². The van der Waals surface area contributed by atoms with E-state index in [4.69, 9.17) is 4.74 Å². The van der Waals surface area contributed by atoms with Crippen molar-refractivity contribution in [3.8, 4) is 6.07 Å². The van der Waals surface area contributed by atoms with E-state index in [1.54, 1.807) is 12.4 Å². The number of aryl methyl sites for hydroxylation is 1. The number of nitriles is 1. The maximum atomic E-state index is 12.4. The summed E-state index contributed by atoms with van der Waals surface area (Å²) in [5, 5.41) is 15.8. The van der Waals surface area contributed by atoms with Crippen molar-refractivity contribution in [2.24, 2.45) is 5.92 Å². The molecule has 1 atom stereocenters. The molecule has 2 amide bonds. The molecule has 0 aliphatic heterocycles. The minimum absolute atomic E-state index is 0.111. The number of nitrogens with one attached hydrogen (secondary N) is 2. The van der Waals surface area contributed by atoms with Gasteiger partial charge < -0.3 is 15.4 Å². The third-order valence-electron chi connectivity index (χ3n) is 4.87. The molecule has 152 valence electrons. The highest BCUT2D eigenvalue weighted by Gasteiger charge is 2.27. The molecule has 0 spiro atoms.